The highest BCUT2D eigenvalue weighted by Crippen LogP contribution is 2.31. The molecule has 6 nitrogen and oxygen atoms in total. The lowest BCUT2D eigenvalue weighted by Crippen LogP contribution is -2.28. The number of carbonyl (C=O) groups is 1. The van der Waals surface area contributed by atoms with Gasteiger partial charge in [0.25, 0.3) is 5.91 Å². The van der Waals surface area contributed by atoms with Crippen molar-refractivity contribution >= 4 is 32.5 Å². The van der Waals surface area contributed by atoms with Gasteiger partial charge in [0, 0.05) is 10.9 Å². The number of sulfonamides is 1. The Morgan fingerprint density at radius 2 is 1.78 bits per heavy atom. The number of benzene rings is 2. The molecule has 1 heterocycles. The fraction of sp³-hybridized carbons (Fsp3) is 0.238. The van der Waals surface area contributed by atoms with Crippen LogP contribution in [0.15, 0.2) is 42.5 Å². The second-order valence-electron chi connectivity index (χ2n) is 7.36. The van der Waals surface area contributed by atoms with Crippen LogP contribution in [0.25, 0.3) is 10.9 Å². The van der Waals surface area contributed by atoms with E-state index in [0.717, 1.165) is 24.5 Å². The number of amides is 1. The molecule has 0 aliphatic rings. The summed E-state index contributed by atoms with van der Waals surface area (Å²) >= 11 is 0. The van der Waals surface area contributed by atoms with Crippen molar-refractivity contribution in [3.8, 4) is 0 Å². The molecular formula is C21H19F4N3O3S. The van der Waals surface area contributed by atoms with Gasteiger partial charge in [0.2, 0.25) is 10.0 Å². The van der Waals surface area contributed by atoms with E-state index in [9.17, 15) is 30.8 Å². The molecule has 0 radical (unpaired) electrons. The average molecular weight is 469 g/mol. The monoisotopic (exact) mass is 469 g/mol. The van der Waals surface area contributed by atoms with Crippen LogP contribution in [-0.4, -0.2) is 25.6 Å². The van der Waals surface area contributed by atoms with Crippen molar-refractivity contribution in [3.63, 3.8) is 0 Å². The second kappa shape index (κ2) is 8.38. The van der Waals surface area contributed by atoms with Crippen molar-refractivity contribution in [2.45, 2.75) is 26.1 Å². The van der Waals surface area contributed by atoms with Gasteiger partial charge in [0.15, 0.2) is 0 Å². The minimum Gasteiger partial charge on any atom is -0.344 e. The van der Waals surface area contributed by atoms with E-state index in [1.54, 1.807) is 6.92 Å². The highest BCUT2D eigenvalue weighted by molar-refractivity contribution is 7.92. The number of alkyl halides is 3. The van der Waals surface area contributed by atoms with Crippen molar-refractivity contribution in [1.29, 1.82) is 0 Å². The maximum atomic E-state index is 14.6. The van der Waals surface area contributed by atoms with E-state index in [1.807, 2.05) is 0 Å². The molecule has 0 aliphatic heterocycles. The van der Waals surface area contributed by atoms with Crippen molar-refractivity contribution in [3.05, 3.63) is 70.7 Å². The lowest BCUT2D eigenvalue weighted by molar-refractivity contribution is -0.137. The van der Waals surface area contributed by atoms with Gasteiger partial charge in [-0.2, -0.15) is 13.2 Å². The molecule has 0 saturated heterocycles. The van der Waals surface area contributed by atoms with Gasteiger partial charge in [-0.15, -0.1) is 0 Å². The maximum absolute atomic E-state index is 14.6. The van der Waals surface area contributed by atoms with Crippen molar-refractivity contribution in [2.75, 3.05) is 11.0 Å². The van der Waals surface area contributed by atoms with Crippen LogP contribution in [0, 0.1) is 12.7 Å². The summed E-state index contributed by atoms with van der Waals surface area (Å²) < 4.78 is 78.1. The van der Waals surface area contributed by atoms with Crippen LogP contribution >= 0.6 is 0 Å². The smallest absolute Gasteiger partial charge is 0.344 e. The predicted octanol–water partition coefficient (Wildman–Crippen LogP) is 4.56. The molecule has 1 atom stereocenters. The van der Waals surface area contributed by atoms with E-state index >= 15 is 0 Å². The first-order chi connectivity index (χ1) is 14.7. The molecule has 32 heavy (non-hydrogen) atoms. The third kappa shape index (κ3) is 5.34. The number of aromatic nitrogens is 1. The molecule has 2 N–H and O–H groups in total. The predicted molar refractivity (Wildman–Crippen MR) is 112 cm³/mol. The molecule has 11 heteroatoms. The largest absolute Gasteiger partial charge is 0.416 e. The summed E-state index contributed by atoms with van der Waals surface area (Å²) in [5.74, 6) is -1.37. The minimum absolute atomic E-state index is 0.0448. The average Bonchev–Trinajstić information content (AvgIpc) is 2.67. The molecular weight excluding hydrogens is 450 g/mol. The zero-order valence-corrected chi connectivity index (χ0v) is 18.0. The number of carbonyl (C=O) groups excluding carboxylic acids is 1. The quantitative estimate of drug-likeness (QED) is 0.536. The first kappa shape index (κ1) is 23.5. The van der Waals surface area contributed by atoms with Crippen molar-refractivity contribution < 1.29 is 30.8 Å². The highest BCUT2D eigenvalue weighted by Gasteiger charge is 2.30. The standard InChI is InChI=1S/C21H19F4N3O3S/c1-11-8-15(16(22)10-19(11)28-32(3,30)31)12(2)26-20(29)18-6-4-13-9-14(21(23,24)25)5-7-17(13)27-18/h4-10,12,28H,1-3H3,(H,26,29). The van der Waals surface area contributed by atoms with Crippen LogP contribution in [0.5, 0.6) is 0 Å². The molecule has 170 valence electrons. The minimum atomic E-state index is -4.49. The van der Waals surface area contributed by atoms with E-state index < -0.39 is 39.5 Å². The molecule has 2 aromatic carbocycles. The molecule has 1 unspecified atom stereocenters. The molecule has 0 bridgehead atoms. The van der Waals surface area contributed by atoms with Gasteiger partial charge in [0.05, 0.1) is 29.1 Å². The Balaban J connectivity index is 1.82. The summed E-state index contributed by atoms with van der Waals surface area (Å²) in [7, 11) is -3.59. The molecule has 0 saturated carbocycles. The third-order valence-electron chi connectivity index (χ3n) is 4.70. The zero-order valence-electron chi connectivity index (χ0n) is 17.2. The number of aryl methyl sites for hydroxylation is 1. The number of anilines is 1. The Hall–Kier alpha value is -3.21. The summed E-state index contributed by atoms with van der Waals surface area (Å²) in [5.41, 5.74) is 0.00911. The molecule has 0 spiro atoms. The second-order valence-corrected chi connectivity index (χ2v) is 9.11. The van der Waals surface area contributed by atoms with E-state index in [0.29, 0.717) is 5.56 Å². The summed E-state index contributed by atoms with van der Waals surface area (Å²) in [6.07, 6.45) is -3.55. The Morgan fingerprint density at radius 3 is 2.41 bits per heavy atom. The number of nitrogens with one attached hydrogen (secondary N) is 2. The van der Waals surface area contributed by atoms with Gasteiger partial charge in [0.1, 0.15) is 11.5 Å². The lowest BCUT2D eigenvalue weighted by Gasteiger charge is -2.17. The first-order valence-electron chi connectivity index (χ1n) is 9.31. The molecule has 3 rings (SSSR count). The summed E-state index contributed by atoms with van der Waals surface area (Å²) in [6, 6.07) is 7.29. The Labute approximate surface area is 181 Å². The zero-order chi connectivity index (χ0) is 23.8. The summed E-state index contributed by atoms with van der Waals surface area (Å²) in [4.78, 5) is 16.7. The van der Waals surface area contributed by atoms with Crippen molar-refractivity contribution in [1.82, 2.24) is 10.3 Å². The van der Waals surface area contributed by atoms with Crippen LogP contribution < -0.4 is 10.0 Å². The number of pyridine rings is 1. The van der Waals surface area contributed by atoms with E-state index in [4.69, 9.17) is 0 Å². The molecule has 1 amide bonds. The maximum Gasteiger partial charge on any atom is 0.416 e. The number of hydrogen-bond donors (Lipinski definition) is 2. The van der Waals surface area contributed by atoms with Gasteiger partial charge in [-0.1, -0.05) is 6.07 Å². The SMILES string of the molecule is Cc1cc(C(C)NC(=O)c2ccc3cc(C(F)(F)F)ccc3n2)c(F)cc1NS(C)(=O)=O. The van der Waals surface area contributed by atoms with Crippen LogP contribution in [0.3, 0.4) is 0 Å². The van der Waals surface area contributed by atoms with Crippen LogP contribution in [0.2, 0.25) is 0 Å². The van der Waals surface area contributed by atoms with Gasteiger partial charge >= 0.3 is 6.18 Å². The van der Waals surface area contributed by atoms with Crippen LogP contribution in [-0.2, 0) is 16.2 Å². The number of nitrogens with zero attached hydrogens (tertiary/aromatic N) is 1. The Bertz CT molecular complexity index is 1310. The van der Waals surface area contributed by atoms with Crippen LogP contribution in [0.1, 0.15) is 40.1 Å². The van der Waals surface area contributed by atoms with Gasteiger partial charge in [-0.3, -0.25) is 9.52 Å². The van der Waals surface area contributed by atoms with E-state index in [2.05, 4.69) is 15.0 Å². The lowest BCUT2D eigenvalue weighted by atomic mass is 10.0. The van der Waals surface area contributed by atoms with Gasteiger partial charge < -0.3 is 5.32 Å². The fourth-order valence-electron chi connectivity index (χ4n) is 3.12. The number of hydrogen-bond acceptors (Lipinski definition) is 4. The normalized spacial score (nSPS) is 13.1. The summed E-state index contributed by atoms with van der Waals surface area (Å²) in [5, 5.41) is 2.81. The fourth-order valence-corrected chi connectivity index (χ4v) is 3.74. The Kier molecular flexibility index (Phi) is 6.14. The summed E-state index contributed by atoms with van der Waals surface area (Å²) in [6.45, 7) is 3.13. The third-order valence-corrected chi connectivity index (χ3v) is 5.29. The van der Waals surface area contributed by atoms with Crippen LogP contribution in [0.4, 0.5) is 23.2 Å². The number of halogens is 4. The molecule has 3 aromatic rings. The number of rotatable bonds is 5. The molecule has 1 aromatic heterocycles. The Morgan fingerprint density at radius 1 is 1.09 bits per heavy atom. The highest BCUT2D eigenvalue weighted by atomic mass is 32.2. The number of fused-ring (bicyclic) bond motifs is 1. The molecule has 0 aliphatic carbocycles. The molecule has 0 fully saturated rings. The van der Waals surface area contributed by atoms with E-state index in [1.165, 1.54) is 31.2 Å². The van der Waals surface area contributed by atoms with E-state index in [-0.39, 0.29) is 27.8 Å². The first-order valence-corrected chi connectivity index (χ1v) is 11.2. The van der Waals surface area contributed by atoms with Gasteiger partial charge in [-0.05, 0) is 55.8 Å². The van der Waals surface area contributed by atoms with Crippen molar-refractivity contribution in [2.24, 2.45) is 0 Å². The van der Waals surface area contributed by atoms with Gasteiger partial charge in [-0.25, -0.2) is 17.8 Å². The topological polar surface area (TPSA) is 88.2 Å².